The molecule has 1 aliphatic rings. The third kappa shape index (κ3) is 1.69. The molecule has 72 valence electrons. The summed E-state index contributed by atoms with van der Waals surface area (Å²) in [6, 6.07) is 0. The van der Waals surface area contributed by atoms with Crippen molar-refractivity contribution in [1.82, 2.24) is 4.98 Å². The Balaban J connectivity index is 2.22. The van der Waals surface area contributed by atoms with Gasteiger partial charge in [-0.2, -0.15) is 0 Å². The number of rotatable bonds is 2. The fourth-order valence-electron chi connectivity index (χ4n) is 2.05. The van der Waals surface area contributed by atoms with Crippen LogP contribution < -0.4 is 11.3 Å². The van der Waals surface area contributed by atoms with Gasteiger partial charge in [0, 0.05) is 10.8 Å². The Morgan fingerprint density at radius 3 is 2.69 bits per heavy atom. The summed E-state index contributed by atoms with van der Waals surface area (Å²) >= 11 is 1.65. The summed E-state index contributed by atoms with van der Waals surface area (Å²) in [5.41, 5.74) is 3.89. The first kappa shape index (κ1) is 8.97. The maximum atomic E-state index is 5.33. The molecule has 1 heterocycles. The predicted octanol–water partition coefficient (Wildman–Crippen LogP) is 2.39. The van der Waals surface area contributed by atoms with Gasteiger partial charge in [0.05, 0.1) is 5.69 Å². The quantitative estimate of drug-likeness (QED) is 0.565. The summed E-state index contributed by atoms with van der Waals surface area (Å²) in [5, 5.41) is 0.847. The van der Waals surface area contributed by atoms with Crippen LogP contribution in [0.1, 0.15) is 42.2 Å². The molecule has 0 aromatic carbocycles. The van der Waals surface area contributed by atoms with E-state index in [9.17, 15) is 0 Å². The van der Waals surface area contributed by atoms with Crippen molar-refractivity contribution in [3.05, 3.63) is 10.6 Å². The van der Waals surface area contributed by atoms with Gasteiger partial charge in [0.25, 0.3) is 0 Å². The third-order valence-corrected chi connectivity index (χ3v) is 3.62. The minimum atomic E-state index is 0.693. The van der Waals surface area contributed by atoms with E-state index in [1.165, 1.54) is 36.3 Å². The first-order valence-corrected chi connectivity index (χ1v) is 5.57. The zero-order chi connectivity index (χ0) is 9.26. The monoisotopic (exact) mass is 197 g/mol. The first-order valence-electron chi connectivity index (χ1n) is 4.75. The average molecular weight is 197 g/mol. The number of nitrogens with one attached hydrogen (secondary N) is 1. The third-order valence-electron chi connectivity index (χ3n) is 2.70. The Morgan fingerprint density at radius 2 is 2.15 bits per heavy atom. The number of hydrogen-bond donors (Lipinski definition) is 2. The fourth-order valence-corrected chi connectivity index (χ4v) is 2.86. The molecule has 0 atom stereocenters. The van der Waals surface area contributed by atoms with Crippen LogP contribution in [0.3, 0.4) is 0 Å². The van der Waals surface area contributed by atoms with E-state index in [-0.39, 0.29) is 0 Å². The van der Waals surface area contributed by atoms with Crippen molar-refractivity contribution < 1.29 is 0 Å². The zero-order valence-corrected chi connectivity index (χ0v) is 8.66. The van der Waals surface area contributed by atoms with Crippen molar-refractivity contribution in [2.75, 3.05) is 5.43 Å². The Kier molecular flexibility index (Phi) is 2.51. The van der Waals surface area contributed by atoms with Crippen LogP contribution in [-0.2, 0) is 0 Å². The van der Waals surface area contributed by atoms with Crippen molar-refractivity contribution in [3.63, 3.8) is 0 Å². The summed E-state index contributed by atoms with van der Waals surface area (Å²) in [6.45, 7) is 2.13. The lowest BCUT2D eigenvalue weighted by Gasteiger charge is -2.05. The molecule has 0 radical (unpaired) electrons. The van der Waals surface area contributed by atoms with Crippen molar-refractivity contribution in [3.8, 4) is 0 Å². The molecule has 1 fully saturated rings. The second-order valence-corrected chi connectivity index (χ2v) is 4.79. The van der Waals surface area contributed by atoms with E-state index in [0.29, 0.717) is 5.92 Å². The highest BCUT2D eigenvalue weighted by molar-refractivity contribution is 7.15. The van der Waals surface area contributed by atoms with Crippen LogP contribution in [0.15, 0.2) is 0 Å². The van der Waals surface area contributed by atoms with Gasteiger partial charge in [-0.15, -0.1) is 11.3 Å². The second-order valence-electron chi connectivity index (χ2n) is 3.59. The lowest BCUT2D eigenvalue weighted by molar-refractivity contribution is 0.699. The van der Waals surface area contributed by atoms with E-state index in [2.05, 4.69) is 17.3 Å². The summed E-state index contributed by atoms with van der Waals surface area (Å²) in [6.07, 6.45) is 5.31. The molecule has 0 spiro atoms. The highest BCUT2D eigenvalue weighted by Crippen LogP contribution is 2.37. The number of nitrogens with two attached hydrogens (primary N) is 1. The van der Waals surface area contributed by atoms with Gasteiger partial charge in [0.2, 0.25) is 0 Å². The van der Waals surface area contributed by atoms with Crippen molar-refractivity contribution in [2.24, 2.45) is 5.84 Å². The lowest BCUT2D eigenvalue weighted by Crippen LogP contribution is -2.06. The molecule has 13 heavy (non-hydrogen) atoms. The van der Waals surface area contributed by atoms with Crippen LogP contribution >= 0.6 is 11.3 Å². The van der Waals surface area contributed by atoms with Crippen LogP contribution in [0.4, 0.5) is 5.13 Å². The van der Waals surface area contributed by atoms with Crippen LogP contribution in [0.5, 0.6) is 0 Å². The molecule has 1 aromatic heterocycles. The molecule has 3 nitrogen and oxygen atoms in total. The molecule has 1 saturated carbocycles. The van der Waals surface area contributed by atoms with Crippen molar-refractivity contribution >= 4 is 16.5 Å². The van der Waals surface area contributed by atoms with Crippen LogP contribution in [0, 0.1) is 6.92 Å². The van der Waals surface area contributed by atoms with E-state index in [1.807, 2.05) is 0 Å². The average Bonchev–Trinajstić information content (AvgIpc) is 2.72. The second kappa shape index (κ2) is 3.64. The summed E-state index contributed by atoms with van der Waals surface area (Å²) in [4.78, 5) is 5.81. The number of hydrogen-bond acceptors (Lipinski definition) is 4. The van der Waals surface area contributed by atoms with Gasteiger partial charge in [0.1, 0.15) is 0 Å². The SMILES string of the molecule is Cc1sc(NN)nc1C1CCCC1. The van der Waals surface area contributed by atoms with Crippen LogP contribution in [-0.4, -0.2) is 4.98 Å². The van der Waals surface area contributed by atoms with E-state index in [4.69, 9.17) is 5.84 Å². The topological polar surface area (TPSA) is 50.9 Å². The Hall–Kier alpha value is -0.610. The lowest BCUT2D eigenvalue weighted by atomic mass is 10.0. The standard InChI is InChI=1S/C9H15N3S/c1-6-8(7-4-2-3-5-7)11-9(12-10)13-6/h7H,2-5,10H2,1H3,(H,11,12). The van der Waals surface area contributed by atoms with Gasteiger partial charge in [-0.05, 0) is 19.8 Å². The molecular formula is C9H15N3S. The molecule has 0 amide bonds. The number of nitrogen functional groups attached to an aromatic ring is 1. The van der Waals surface area contributed by atoms with Gasteiger partial charge in [-0.1, -0.05) is 12.8 Å². The molecule has 0 saturated heterocycles. The highest BCUT2D eigenvalue weighted by atomic mass is 32.1. The normalized spacial score (nSPS) is 18.0. The van der Waals surface area contributed by atoms with E-state index in [1.54, 1.807) is 11.3 Å². The van der Waals surface area contributed by atoms with Crippen LogP contribution in [0.25, 0.3) is 0 Å². The van der Waals surface area contributed by atoms with E-state index >= 15 is 0 Å². The van der Waals surface area contributed by atoms with Gasteiger partial charge in [-0.25, -0.2) is 10.8 Å². The largest absolute Gasteiger partial charge is 0.300 e. The molecular weight excluding hydrogens is 182 g/mol. The van der Waals surface area contributed by atoms with E-state index < -0.39 is 0 Å². The number of nitrogens with zero attached hydrogens (tertiary/aromatic N) is 1. The maximum absolute atomic E-state index is 5.33. The molecule has 1 aromatic rings. The van der Waals surface area contributed by atoms with Gasteiger partial charge in [0.15, 0.2) is 5.13 Å². The van der Waals surface area contributed by atoms with Gasteiger partial charge < -0.3 is 0 Å². The summed E-state index contributed by atoms with van der Waals surface area (Å²) in [7, 11) is 0. The fraction of sp³-hybridized carbons (Fsp3) is 0.667. The number of hydrazine groups is 1. The zero-order valence-electron chi connectivity index (χ0n) is 7.84. The highest BCUT2D eigenvalue weighted by Gasteiger charge is 2.21. The molecule has 1 aliphatic carbocycles. The molecule has 0 aliphatic heterocycles. The van der Waals surface area contributed by atoms with Crippen molar-refractivity contribution in [1.29, 1.82) is 0 Å². The number of aryl methyl sites for hydroxylation is 1. The molecule has 2 rings (SSSR count). The Bertz CT molecular complexity index is 289. The molecule has 4 heteroatoms. The summed E-state index contributed by atoms with van der Waals surface area (Å²) < 4.78 is 0. The first-order chi connectivity index (χ1) is 6.31. The van der Waals surface area contributed by atoms with Gasteiger partial charge in [-0.3, -0.25) is 5.43 Å². The van der Waals surface area contributed by atoms with Crippen LogP contribution in [0.2, 0.25) is 0 Å². The number of thiazole rings is 1. The van der Waals surface area contributed by atoms with E-state index in [0.717, 1.165) is 5.13 Å². The van der Waals surface area contributed by atoms with Crippen molar-refractivity contribution in [2.45, 2.75) is 38.5 Å². The molecule has 0 unspecified atom stereocenters. The number of anilines is 1. The maximum Gasteiger partial charge on any atom is 0.197 e. The Labute approximate surface area is 82.3 Å². The minimum absolute atomic E-state index is 0.693. The minimum Gasteiger partial charge on any atom is -0.300 e. The molecule has 0 bridgehead atoms. The molecule has 3 N–H and O–H groups in total. The smallest absolute Gasteiger partial charge is 0.197 e. The summed E-state index contributed by atoms with van der Waals surface area (Å²) in [5.74, 6) is 6.02. The van der Waals surface area contributed by atoms with Gasteiger partial charge >= 0.3 is 0 Å². The Morgan fingerprint density at radius 1 is 1.46 bits per heavy atom. The number of aromatic nitrogens is 1. The predicted molar refractivity (Wildman–Crippen MR) is 55.9 cm³/mol.